The molecule has 23 heavy (non-hydrogen) atoms. The number of rotatable bonds is 5. The monoisotopic (exact) mass is 317 g/mol. The second kappa shape index (κ2) is 7.43. The largest absolute Gasteiger partial charge is 0.379 e. The molecule has 1 aliphatic carbocycles. The Morgan fingerprint density at radius 1 is 1.17 bits per heavy atom. The van der Waals surface area contributed by atoms with Crippen LogP contribution >= 0.6 is 0 Å². The molecule has 0 aromatic heterocycles. The minimum Gasteiger partial charge on any atom is -0.379 e. The predicted octanol–water partition coefficient (Wildman–Crippen LogP) is 1.41. The molecule has 1 saturated carbocycles. The fraction of sp³-hybridized carbons (Fsp3) is 0.611. The summed E-state index contributed by atoms with van der Waals surface area (Å²) >= 11 is 0. The molecule has 5 nitrogen and oxygen atoms in total. The molecule has 5 heteroatoms. The molecule has 1 saturated heterocycles. The van der Waals surface area contributed by atoms with E-state index in [0.717, 1.165) is 58.5 Å². The summed E-state index contributed by atoms with van der Waals surface area (Å²) in [6.45, 7) is 4.99. The van der Waals surface area contributed by atoms with Crippen LogP contribution < -0.4 is 11.1 Å². The van der Waals surface area contributed by atoms with Crippen LogP contribution in [0, 0.1) is 0 Å². The van der Waals surface area contributed by atoms with Crippen LogP contribution in [0.15, 0.2) is 24.3 Å². The molecule has 1 amide bonds. The third kappa shape index (κ3) is 4.10. The SMILES string of the molecule is NC1(C(=O)NCc2ccccc2CN2CCOCC2)CCCC1. The highest BCUT2D eigenvalue weighted by atomic mass is 16.5. The van der Waals surface area contributed by atoms with Gasteiger partial charge in [0.15, 0.2) is 0 Å². The highest BCUT2D eigenvalue weighted by Crippen LogP contribution is 2.27. The lowest BCUT2D eigenvalue weighted by molar-refractivity contribution is -0.126. The number of nitrogens with two attached hydrogens (primary N) is 1. The van der Waals surface area contributed by atoms with Crippen molar-refractivity contribution in [3.8, 4) is 0 Å². The molecule has 126 valence electrons. The van der Waals surface area contributed by atoms with Crippen LogP contribution in [0.4, 0.5) is 0 Å². The number of amides is 1. The van der Waals surface area contributed by atoms with Crippen LogP contribution in [-0.4, -0.2) is 42.6 Å². The summed E-state index contributed by atoms with van der Waals surface area (Å²) in [6, 6.07) is 8.32. The zero-order valence-corrected chi connectivity index (χ0v) is 13.7. The predicted molar refractivity (Wildman–Crippen MR) is 89.8 cm³/mol. The van der Waals surface area contributed by atoms with Gasteiger partial charge >= 0.3 is 0 Å². The van der Waals surface area contributed by atoms with Crippen molar-refractivity contribution in [1.29, 1.82) is 0 Å². The van der Waals surface area contributed by atoms with Crippen molar-refractivity contribution < 1.29 is 9.53 Å². The van der Waals surface area contributed by atoms with Crippen LogP contribution in [0.25, 0.3) is 0 Å². The molecule has 0 bridgehead atoms. The summed E-state index contributed by atoms with van der Waals surface area (Å²) < 4.78 is 5.40. The zero-order valence-electron chi connectivity index (χ0n) is 13.7. The van der Waals surface area contributed by atoms with Crippen LogP contribution in [-0.2, 0) is 22.6 Å². The van der Waals surface area contributed by atoms with Gasteiger partial charge in [0, 0.05) is 26.2 Å². The first-order valence-electron chi connectivity index (χ1n) is 8.61. The summed E-state index contributed by atoms with van der Waals surface area (Å²) in [4.78, 5) is 14.8. The maximum atomic E-state index is 12.4. The van der Waals surface area contributed by atoms with Gasteiger partial charge in [-0.15, -0.1) is 0 Å². The van der Waals surface area contributed by atoms with Gasteiger partial charge in [-0.05, 0) is 24.0 Å². The first-order chi connectivity index (χ1) is 11.2. The molecular formula is C18H27N3O2. The Kier molecular flexibility index (Phi) is 5.30. The van der Waals surface area contributed by atoms with Crippen LogP contribution in [0.1, 0.15) is 36.8 Å². The highest BCUT2D eigenvalue weighted by molar-refractivity contribution is 5.86. The molecule has 1 aromatic rings. The molecule has 1 heterocycles. The van der Waals surface area contributed by atoms with Crippen molar-refractivity contribution in [3.05, 3.63) is 35.4 Å². The molecule has 3 rings (SSSR count). The normalized spacial score (nSPS) is 21.3. The highest BCUT2D eigenvalue weighted by Gasteiger charge is 2.36. The van der Waals surface area contributed by atoms with E-state index in [4.69, 9.17) is 10.5 Å². The Bertz CT molecular complexity index is 535. The quantitative estimate of drug-likeness (QED) is 0.861. The van der Waals surface area contributed by atoms with Gasteiger partial charge in [-0.1, -0.05) is 37.1 Å². The van der Waals surface area contributed by atoms with Crippen molar-refractivity contribution in [1.82, 2.24) is 10.2 Å². The molecular weight excluding hydrogens is 290 g/mol. The number of ether oxygens (including phenoxy) is 1. The minimum atomic E-state index is -0.654. The van der Waals surface area contributed by atoms with E-state index in [0.29, 0.717) is 6.54 Å². The lowest BCUT2D eigenvalue weighted by Gasteiger charge is -2.27. The number of nitrogens with zero attached hydrogens (tertiary/aromatic N) is 1. The van der Waals surface area contributed by atoms with Gasteiger partial charge < -0.3 is 15.8 Å². The molecule has 0 atom stereocenters. The number of hydrogen-bond acceptors (Lipinski definition) is 4. The lowest BCUT2D eigenvalue weighted by Crippen LogP contribution is -2.51. The van der Waals surface area contributed by atoms with E-state index in [1.807, 2.05) is 6.07 Å². The Morgan fingerprint density at radius 2 is 1.83 bits per heavy atom. The van der Waals surface area contributed by atoms with E-state index in [2.05, 4.69) is 28.4 Å². The number of morpholine rings is 1. The number of carbonyl (C=O) groups excluding carboxylic acids is 1. The van der Waals surface area contributed by atoms with E-state index in [1.54, 1.807) is 0 Å². The van der Waals surface area contributed by atoms with Crippen LogP contribution in [0.2, 0.25) is 0 Å². The number of nitrogens with one attached hydrogen (secondary N) is 1. The van der Waals surface area contributed by atoms with Gasteiger partial charge in [-0.3, -0.25) is 9.69 Å². The fourth-order valence-electron chi connectivity index (χ4n) is 3.47. The summed E-state index contributed by atoms with van der Waals surface area (Å²) in [6.07, 6.45) is 3.71. The van der Waals surface area contributed by atoms with Gasteiger partial charge in [0.05, 0.1) is 18.8 Å². The molecule has 0 spiro atoms. The van der Waals surface area contributed by atoms with Crippen molar-refractivity contribution in [2.75, 3.05) is 26.3 Å². The first kappa shape index (κ1) is 16.4. The first-order valence-corrected chi connectivity index (χ1v) is 8.61. The van der Waals surface area contributed by atoms with Gasteiger partial charge in [-0.2, -0.15) is 0 Å². The number of carbonyl (C=O) groups is 1. The summed E-state index contributed by atoms with van der Waals surface area (Å²) in [5.74, 6) is -0.00354. The smallest absolute Gasteiger partial charge is 0.240 e. The fourth-order valence-corrected chi connectivity index (χ4v) is 3.47. The lowest BCUT2D eigenvalue weighted by atomic mass is 9.98. The van der Waals surface area contributed by atoms with E-state index >= 15 is 0 Å². The Morgan fingerprint density at radius 3 is 2.52 bits per heavy atom. The molecule has 2 aliphatic rings. The van der Waals surface area contributed by atoms with Crippen molar-refractivity contribution >= 4 is 5.91 Å². The average molecular weight is 317 g/mol. The Labute approximate surface area is 138 Å². The number of benzene rings is 1. The maximum Gasteiger partial charge on any atom is 0.240 e. The molecule has 3 N–H and O–H groups in total. The summed E-state index contributed by atoms with van der Waals surface area (Å²) in [7, 11) is 0. The van der Waals surface area contributed by atoms with Gasteiger partial charge in [-0.25, -0.2) is 0 Å². The van der Waals surface area contributed by atoms with Gasteiger partial charge in [0.2, 0.25) is 5.91 Å². The second-order valence-electron chi connectivity index (χ2n) is 6.70. The van der Waals surface area contributed by atoms with Crippen LogP contribution in [0.5, 0.6) is 0 Å². The average Bonchev–Trinajstić information content (AvgIpc) is 3.03. The summed E-state index contributed by atoms with van der Waals surface area (Å²) in [5, 5.41) is 3.05. The maximum absolute atomic E-state index is 12.4. The third-order valence-corrected chi connectivity index (χ3v) is 5.00. The summed E-state index contributed by atoms with van der Waals surface area (Å²) in [5.41, 5.74) is 8.01. The van der Waals surface area contributed by atoms with E-state index in [-0.39, 0.29) is 5.91 Å². The minimum absolute atomic E-state index is 0.00354. The molecule has 0 radical (unpaired) electrons. The second-order valence-corrected chi connectivity index (χ2v) is 6.70. The standard InChI is InChI=1S/C18H27N3O2/c19-18(7-3-4-8-18)17(22)20-13-15-5-1-2-6-16(15)14-21-9-11-23-12-10-21/h1-2,5-6H,3-4,7-14,19H2,(H,20,22). The topological polar surface area (TPSA) is 67.6 Å². The van der Waals surface area contributed by atoms with Crippen LogP contribution in [0.3, 0.4) is 0 Å². The molecule has 2 fully saturated rings. The van der Waals surface area contributed by atoms with Crippen molar-refractivity contribution in [2.24, 2.45) is 5.73 Å². The zero-order chi connectivity index (χ0) is 16.1. The number of hydrogen-bond donors (Lipinski definition) is 2. The Balaban J connectivity index is 1.60. The van der Waals surface area contributed by atoms with E-state index < -0.39 is 5.54 Å². The third-order valence-electron chi connectivity index (χ3n) is 5.00. The molecule has 1 aromatic carbocycles. The van der Waals surface area contributed by atoms with Gasteiger partial charge in [0.25, 0.3) is 0 Å². The van der Waals surface area contributed by atoms with E-state index in [9.17, 15) is 4.79 Å². The van der Waals surface area contributed by atoms with Crippen molar-refractivity contribution in [2.45, 2.75) is 44.3 Å². The molecule has 1 aliphatic heterocycles. The van der Waals surface area contributed by atoms with E-state index in [1.165, 1.54) is 11.1 Å². The molecule has 0 unspecified atom stereocenters. The van der Waals surface area contributed by atoms with Gasteiger partial charge in [0.1, 0.15) is 0 Å². The van der Waals surface area contributed by atoms with Crippen molar-refractivity contribution in [3.63, 3.8) is 0 Å². The Hall–Kier alpha value is -1.43.